The highest BCUT2D eigenvalue weighted by Crippen LogP contribution is 2.46. The number of hydrogen-bond donors (Lipinski definition) is 3. The summed E-state index contributed by atoms with van der Waals surface area (Å²) >= 11 is 0. The number of nitrogens with one attached hydrogen (secondary N) is 3. The van der Waals surface area contributed by atoms with Gasteiger partial charge in [0, 0.05) is 23.3 Å². The minimum absolute atomic E-state index is 0.00628. The maximum Gasteiger partial charge on any atom is 0.408 e. The summed E-state index contributed by atoms with van der Waals surface area (Å²) in [5.41, 5.74) is -1.09. The fraction of sp³-hybridized carbons (Fsp3) is 0.543. The van der Waals surface area contributed by atoms with E-state index in [1.54, 1.807) is 33.9 Å². The molecule has 63 heavy (non-hydrogen) atoms. The first kappa shape index (κ1) is 44.0. The smallest absolute Gasteiger partial charge is 0.408 e. The molecule has 4 heterocycles. The molecule has 2 aromatic carbocycles. The Balaban J connectivity index is 1.16. The van der Waals surface area contributed by atoms with Crippen molar-refractivity contribution in [1.29, 1.82) is 0 Å². The molecule has 3 aromatic rings. The molecule has 3 fully saturated rings. The topological polar surface area (TPSA) is 201 Å². The van der Waals surface area contributed by atoms with Crippen LogP contribution in [0.4, 0.5) is 4.79 Å². The minimum Gasteiger partial charge on any atom is -0.497 e. The van der Waals surface area contributed by atoms with E-state index in [1.165, 1.54) is 4.90 Å². The number of aromatic nitrogens is 1. The van der Waals surface area contributed by atoms with Gasteiger partial charge in [-0.05, 0) is 119 Å². The van der Waals surface area contributed by atoms with Gasteiger partial charge >= 0.3 is 6.09 Å². The van der Waals surface area contributed by atoms with Crippen LogP contribution in [0.15, 0.2) is 54.6 Å². The Morgan fingerprint density at radius 1 is 0.984 bits per heavy atom. The Labute approximate surface area is 367 Å². The van der Waals surface area contributed by atoms with Crippen molar-refractivity contribution in [3.63, 3.8) is 0 Å². The van der Waals surface area contributed by atoms with Crippen LogP contribution in [0, 0.1) is 17.8 Å². The summed E-state index contributed by atoms with van der Waals surface area (Å²) in [6.45, 7) is 9.96. The molecule has 3 N–H and O–H groups in total. The number of methoxy groups -OCH3 is 1. The minimum atomic E-state index is -3.94. The van der Waals surface area contributed by atoms with Crippen LogP contribution >= 0.6 is 0 Å². The summed E-state index contributed by atoms with van der Waals surface area (Å²) in [6, 6.07) is 10.7. The number of amides is 4. The highest BCUT2D eigenvalue weighted by Gasteiger charge is 2.62. The van der Waals surface area contributed by atoms with Gasteiger partial charge in [0.15, 0.2) is 11.5 Å². The van der Waals surface area contributed by atoms with Crippen LogP contribution in [0.25, 0.3) is 22.0 Å². The van der Waals surface area contributed by atoms with E-state index in [1.807, 2.05) is 55.5 Å². The fourth-order valence-corrected chi connectivity index (χ4v) is 10.2. The molecule has 0 bridgehead atoms. The van der Waals surface area contributed by atoms with Gasteiger partial charge in [-0.2, -0.15) is 0 Å². The summed E-state index contributed by atoms with van der Waals surface area (Å²) in [6.07, 6.45) is 5.35. The molecular formula is C46H57N5O11S. The van der Waals surface area contributed by atoms with E-state index in [4.69, 9.17) is 28.7 Å². The molecule has 17 heteroatoms. The second-order valence-electron chi connectivity index (χ2n) is 18.6. The van der Waals surface area contributed by atoms with E-state index in [9.17, 15) is 22.8 Å². The average molecular weight is 888 g/mol. The van der Waals surface area contributed by atoms with E-state index in [0.717, 1.165) is 17.4 Å². The largest absolute Gasteiger partial charge is 0.497 e. The van der Waals surface area contributed by atoms with Crippen LogP contribution in [0.2, 0.25) is 0 Å². The Kier molecular flexibility index (Phi) is 12.0. The molecule has 2 saturated carbocycles. The van der Waals surface area contributed by atoms with Crippen LogP contribution < -0.4 is 34.3 Å². The lowest BCUT2D eigenvalue weighted by Gasteiger charge is -2.33. The van der Waals surface area contributed by atoms with Gasteiger partial charge in [-0.1, -0.05) is 26.0 Å². The van der Waals surface area contributed by atoms with Gasteiger partial charge in [0.05, 0.1) is 24.6 Å². The van der Waals surface area contributed by atoms with Crippen LogP contribution in [0.3, 0.4) is 0 Å². The predicted molar refractivity (Wildman–Crippen MR) is 233 cm³/mol. The molecular weight excluding hydrogens is 831 g/mol. The Morgan fingerprint density at radius 3 is 2.48 bits per heavy atom. The third-order valence-corrected chi connectivity index (χ3v) is 14.2. The number of rotatable bonds is 8. The number of benzene rings is 2. The zero-order chi connectivity index (χ0) is 44.8. The van der Waals surface area contributed by atoms with E-state index in [-0.39, 0.29) is 37.1 Å². The average Bonchev–Trinajstić information content (AvgIpc) is 4.16. The van der Waals surface area contributed by atoms with Crippen LogP contribution in [0.1, 0.15) is 79.6 Å². The second-order valence-corrected chi connectivity index (χ2v) is 20.6. The number of sulfonamides is 1. The number of nitrogens with zero attached hydrogens (tertiary/aromatic N) is 2. The highest BCUT2D eigenvalue weighted by atomic mass is 32.2. The Hall–Kier alpha value is -5.58. The number of fused-ring (bicyclic) bond motifs is 4. The fourth-order valence-electron chi connectivity index (χ4n) is 8.86. The number of ether oxygens (including phenoxy) is 5. The van der Waals surface area contributed by atoms with E-state index >= 15 is 4.79 Å². The summed E-state index contributed by atoms with van der Waals surface area (Å²) in [5.74, 6) is -0.610. The van der Waals surface area contributed by atoms with E-state index in [0.29, 0.717) is 67.2 Å². The van der Waals surface area contributed by atoms with Gasteiger partial charge < -0.3 is 39.2 Å². The zero-order valence-corrected chi connectivity index (χ0v) is 37.4. The van der Waals surface area contributed by atoms with E-state index < -0.39 is 74.3 Å². The van der Waals surface area contributed by atoms with Crippen molar-refractivity contribution < 1.29 is 51.3 Å². The zero-order valence-electron chi connectivity index (χ0n) is 36.6. The lowest BCUT2D eigenvalue weighted by Crippen LogP contribution is -2.59. The van der Waals surface area contributed by atoms with Crippen molar-refractivity contribution >= 4 is 44.6 Å². The summed E-state index contributed by atoms with van der Waals surface area (Å²) in [4.78, 5) is 63.5. The van der Waals surface area contributed by atoms with Crippen LogP contribution in [-0.4, -0.2) is 104 Å². The van der Waals surface area contributed by atoms with Crippen molar-refractivity contribution in [2.75, 3.05) is 26.9 Å². The van der Waals surface area contributed by atoms with Gasteiger partial charge in [0.2, 0.25) is 27.7 Å². The second kappa shape index (κ2) is 17.2. The summed E-state index contributed by atoms with van der Waals surface area (Å²) in [7, 11) is -2.36. The third-order valence-electron chi connectivity index (χ3n) is 12.4. The van der Waals surface area contributed by atoms with Crippen LogP contribution in [-0.2, 0) is 29.1 Å². The highest BCUT2D eigenvalue weighted by molar-refractivity contribution is 7.91. The molecule has 2 unspecified atom stereocenters. The lowest BCUT2D eigenvalue weighted by molar-refractivity contribution is -0.142. The Bertz CT molecular complexity index is 2430. The van der Waals surface area contributed by atoms with Crippen molar-refractivity contribution in [3.05, 3.63) is 54.6 Å². The molecule has 8 rings (SSSR count). The van der Waals surface area contributed by atoms with E-state index in [2.05, 4.69) is 22.3 Å². The monoisotopic (exact) mass is 887 g/mol. The molecule has 1 aromatic heterocycles. The molecule has 0 spiro atoms. The lowest BCUT2D eigenvalue weighted by atomic mass is 9.88. The van der Waals surface area contributed by atoms with Gasteiger partial charge in [0.25, 0.3) is 5.91 Å². The van der Waals surface area contributed by atoms with Crippen molar-refractivity contribution in [3.8, 4) is 34.4 Å². The maximum atomic E-state index is 15.0. The van der Waals surface area contributed by atoms with Crippen molar-refractivity contribution in [2.45, 2.75) is 114 Å². The maximum absolute atomic E-state index is 15.0. The quantitative estimate of drug-likeness (QED) is 0.243. The SMILES string of the molecule is COc1ccc2c(OC3C[C@H]4C(=O)N[C@]5(C(=O)NS(=O)(=O)C6CC6)CC5/C=C\CC[C@@H](C)C[C@@H](C)[C@H](NC(=O)OC(C)(C)C)C(=O)N4C3)nc(-c3ccc4c(c3)OCCO4)cc2c1. The number of hydrogen-bond acceptors (Lipinski definition) is 12. The number of carbonyl (C=O) groups excluding carboxylic acids is 4. The number of pyridine rings is 1. The molecule has 5 aliphatic rings. The Morgan fingerprint density at radius 2 is 1.75 bits per heavy atom. The van der Waals surface area contributed by atoms with Crippen molar-refractivity contribution in [1.82, 2.24) is 25.2 Å². The molecule has 0 radical (unpaired) electrons. The molecule has 3 aliphatic heterocycles. The van der Waals surface area contributed by atoms with Gasteiger partial charge in [-0.25, -0.2) is 18.2 Å². The van der Waals surface area contributed by atoms with Gasteiger partial charge in [-0.15, -0.1) is 0 Å². The number of allylic oxidation sites excluding steroid dienone is 1. The number of carbonyl (C=O) groups is 4. The first-order valence-electron chi connectivity index (χ1n) is 21.8. The van der Waals surface area contributed by atoms with Crippen LogP contribution in [0.5, 0.6) is 23.1 Å². The first-order chi connectivity index (χ1) is 29.9. The first-order valence-corrected chi connectivity index (χ1v) is 23.4. The van der Waals surface area contributed by atoms with Crippen molar-refractivity contribution in [2.24, 2.45) is 17.8 Å². The molecule has 1 saturated heterocycles. The summed E-state index contributed by atoms with van der Waals surface area (Å²) < 4.78 is 57.8. The molecule has 2 aliphatic carbocycles. The normalized spacial score (nSPS) is 28.0. The molecule has 4 amide bonds. The summed E-state index contributed by atoms with van der Waals surface area (Å²) in [5, 5.41) is 6.52. The number of alkyl carbamates (subject to hydrolysis) is 1. The van der Waals surface area contributed by atoms with Gasteiger partial charge in [0.1, 0.15) is 48.3 Å². The molecule has 16 nitrogen and oxygen atoms in total. The molecule has 338 valence electrons. The third kappa shape index (κ3) is 9.67. The standard InChI is InChI=1S/C46H57N5O11S/c1-26-9-7-8-10-30-24-46(30,43(54)50-63(56,57)33-13-14-33)49-40(52)36-23-32(25-51(36)42(53)39(27(2)19-26)48-44(55)62-45(3,4)5)61-41-34-15-12-31(58-6)20-29(34)21-35(47-41)28-11-16-37-38(22-28)60-18-17-59-37/h8,10-12,15-16,20-22,26-27,30,32-33,36,39H,7,9,13-14,17-19,23-25H2,1-6H3,(H,48,55)(H,49,52)(H,50,54)/b10-8-/t26-,27-,30?,32?,36+,39+,46-/m1/s1. The predicted octanol–water partition coefficient (Wildman–Crippen LogP) is 5.42. The van der Waals surface area contributed by atoms with Gasteiger partial charge in [-0.3, -0.25) is 19.1 Å². The molecule has 7 atom stereocenters.